The first-order valence-corrected chi connectivity index (χ1v) is 5.98. The summed E-state index contributed by atoms with van der Waals surface area (Å²) in [5.74, 6) is 1.38. The van der Waals surface area contributed by atoms with Crippen LogP contribution in [0.5, 0.6) is 0 Å². The van der Waals surface area contributed by atoms with E-state index < -0.39 is 0 Å². The SMILES string of the molecule is O=C(NCCCc1ncn[nH]1)C1CCCC1. The van der Waals surface area contributed by atoms with E-state index in [1.165, 1.54) is 19.2 Å². The van der Waals surface area contributed by atoms with Gasteiger partial charge in [0.05, 0.1) is 0 Å². The molecule has 0 radical (unpaired) electrons. The molecular weight excluding hydrogens is 204 g/mol. The number of nitrogens with one attached hydrogen (secondary N) is 2. The van der Waals surface area contributed by atoms with E-state index in [0.29, 0.717) is 0 Å². The van der Waals surface area contributed by atoms with Crippen molar-refractivity contribution in [1.82, 2.24) is 20.5 Å². The number of carbonyl (C=O) groups excluding carboxylic acids is 1. The normalized spacial score (nSPS) is 16.5. The number of aromatic amines is 1. The van der Waals surface area contributed by atoms with Crippen LogP contribution >= 0.6 is 0 Å². The van der Waals surface area contributed by atoms with Crippen molar-refractivity contribution < 1.29 is 4.79 Å². The molecule has 1 fully saturated rings. The summed E-state index contributed by atoms with van der Waals surface area (Å²) in [6, 6.07) is 0. The number of hydrogen-bond acceptors (Lipinski definition) is 3. The van der Waals surface area contributed by atoms with Gasteiger partial charge in [-0.1, -0.05) is 12.8 Å². The summed E-state index contributed by atoms with van der Waals surface area (Å²) in [4.78, 5) is 15.7. The van der Waals surface area contributed by atoms with Gasteiger partial charge in [-0.25, -0.2) is 4.98 Å². The summed E-state index contributed by atoms with van der Waals surface area (Å²) in [6.07, 6.45) is 7.79. The summed E-state index contributed by atoms with van der Waals surface area (Å²) in [7, 11) is 0. The molecule has 1 amide bonds. The Balaban J connectivity index is 1.59. The minimum absolute atomic E-state index is 0.232. The molecule has 0 unspecified atom stereocenters. The maximum atomic E-state index is 11.7. The fourth-order valence-corrected chi connectivity index (χ4v) is 2.15. The highest BCUT2D eigenvalue weighted by Gasteiger charge is 2.21. The van der Waals surface area contributed by atoms with Crippen LogP contribution < -0.4 is 5.32 Å². The quantitative estimate of drug-likeness (QED) is 0.731. The van der Waals surface area contributed by atoms with Crippen LogP contribution in [0.15, 0.2) is 6.33 Å². The molecule has 0 atom stereocenters. The highest BCUT2D eigenvalue weighted by Crippen LogP contribution is 2.24. The minimum Gasteiger partial charge on any atom is -0.356 e. The molecule has 0 bridgehead atoms. The lowest BCUT2D eigenvalue weighted by Crippen LogP contribution is -2.30. The number of aryl methyl sites for hydroxylation is 1. The van der Waals surface area contributed by atoms with Gasteiger partial charge in [0.25, 0.3) is 0 Å². The average molecular weight is 222 g/mol. The average Bonchev–Trinajstić information content (AvgIpc) is 2.96. The molecule has 2 rings (SSSR count). The molecule has 0 aliphatic heterocycles. The van der Waals surface area contributed by atoms with Crippen molar-refractivity contribution in [2.24, 2.45) is 5.92 Å². The predicted octanol–water partition coefficient (Wildman–Crippen LogP) is 1.04. The molecule has 1 aliphatic rings. The molecule has 0 saturated heterocycles. The summed E-state index contributed by atoms with van der Waals surface area (Å²) in [5.41, 5.74) is 0. The van der Waals surface area contributed by atoms with Gasteiger partial charge >= 0.3 is 0 Å². The molecule has 1 saturated carbocycles. The van der Waals surface area contributed by atoms with Crippen LogP contribution in [0.4, 0.5) is 0 Å². The third-order valence-corrected chi connectivity index (χ3v) is 3.08. The zero-order chi connectivity index (χ0) is 11.2. The van der Waals surface area contributed by atoms with Gasteiger partial charge in [0.15, 0.2) is 0 Å². The van der Waals surface area contributed by atoms with E-state index in [-0.39, 0.29) is 11.8 Å². The van der Waals surface area contributed by atoms with Crippen molar-refractivity contribution in [2.75, 3.05) is 6.54 Å². The molecule has 5 nitrogen and oxygen atoms in total. The second-order valence-corrected chi connectivity index (χ2v) is 4.31. The fraction of sp³-hybridized carbons (Fsp3) is 0.727. The van der Waals surface area contributed by atoms with Crippen molar-refractivity contribution in [3.05, 3.63) is 12.2 Å². The first-order valence-electron chi connectivity index (χ1n) is 5.98. The number of rotatable bonds is 5. The number of H-pyrrole nitrogens is 1. The van der Waals surface area contributed by atoms with Crippen molar-refractivity contribution in [1.29, 1.82) is 0 Å². The van der Waals surface area contributed by atoms with Gasteiger partial charge in [-0.2, -0.15) is 5.10 Å². The topological polar surface area (TPSA) is 70.7 Å². The number of amides is 1. The van der Waals surface area contributed by atoms with Crippen LogP contribution in [0.3, 0.4) is 0 Å². The molecule has 1 heterocycles. The molecule has 1 aliphatic carbocycles. The summed E-state index contributed by atoms with van der Waals surface area (Å²) in [6.45, 7) is 0.732. The van der Waals surface area contributed by atoms with Gasteiger partial charge in [0, 0.05) is 18.9 Å². The Kier molecular flexibility index (Phi) is 3.91. The molecule has 1 aromatic heterocycles. The lowest BCUT2D eigenvalue weighted by molar-refractivity contribution is -0.124. The third-order valence-electron chi connectivity index (χ3n) is 3.08. The zero-order valence-electron chi connectivity index (χ0n) is 9.41. The van der Waals surface area contributed by atoms with E-state index in [1.807, 2.05) is 0 Å². The molecule has 5 heteroatoms. The molecular formula is C11H18N4O. The number of aromatic nitrogens is 3. The molecule has 1 aromatic rings. The van der Waals surface area contributed by atoms with E-state index in [1.54, 1.807) is 0 Å². The number of hydrogen-bond donors (Lipinski definition) is 2. The van der Waals surface area contributed by atoms with Gasteiger partial charge < -0.3 is 5.32 Å². The Morgan fingerprint density at radius 1 is 1.50 bits per heavy atom. The van der Waals surface area contributed by atoms with Crippen LogP contribution in [0.1, 0.15) is 37.9 Å². The van der Waals surface area contributed by atoms with E-state index in [2.05, 4.69) is 20.5 Å². The Morgan fingerprint density at radius 3 is 3.00 bits per heavy atom. The monoisotopic (exact) mass is 222 g/mol. The van der Waals surface area contributed by atoms with Gasteiger partial charge in [-0.15, -0.1) is 0 Å². The highest BCUT2D eigenvalue weighted by molar-refractivity contribution is 5.78. The maximum absolute atomic E-state index is 11.7. The van der Waals surface area contributed by atoms with Crippen LogP contribution in [0.25, 0.3) is 0 Å². The first kappa shape index (κ1) is 11.1. The van der Waals surface area contributed by atoms with Crippen molar-refractivity contribution in [2.45, 2.75) is 38.5 Å². The van der Waals surface area contributed by atoms with Gasteiger partial charge in [-0.05, 0) is 19.3 Å². The number of nitrogens with zero attached hydrogens (tertiary/aromatic N) is 2. The second-order valence-electron chi connectivity index (χ2n) is 4.31. The molecule has 0 spiro atoms. The molecule has 88 valence electrons. The Morgan fingerprint density at radius 2 is 2.31 bits per heavy atom. The second kappa shape index (κ2) is 5.63. The Hall–Kier alpha value is -1.39. The molecule has 2 N–H and O–H groups in total. The molecule has 0 aromatic carbocycles. The van der Waals surface area contributed by atoms with E-state index in [0.717, 1.165) is 38.1 Å². The maximum Gasteiger partial charge on any atom is 0.223 e. The largest absolute Gasteiger partial charge is 0.356 e. The van der Waals surface area contributed by atoms with Gasteiger partial charge in [0.1, 0.15) is 12.2 Å². The lowest BCUT2D eigenvalue weighted by Gasteiger charge is -2.09. The van der Waals surface area contributed by atoms with Crippen LogP contribution in [0.2, 0.25) is 0 Å². The van der Waals surface area contributed by atoms with Crippen LogP contribution in [-0.4, -0.2) is 27.6 Å². The van der Waals surface area contributed by atoms with Gasteiger partial charge in [0.2, 0.25) is 5.91 Å². The fourth-order valence-electron chi connectivity index (χ4n) is 2.15. The predicted molar refractivity (Wildman–Crippen MR) is 59.7 cm³/mol. The van der Waals surface area contributed by atoms with Crippen molar-refractivity contribution >= 4 is 5.91 Å². The van der Waals surface area contributed by atoms with Gasteiger partial charge in [-0.3, -0.25) is 9.89 Å². The smallest absolute Gasteiger partial charge is 0.223 e. The Bertz CT molecular complexity index is 317. The van der Waals surface area contributed by atoms with Crippen LogP contribution in [0, 0.1) is 5.92 Å². The summed E-state index contributed by atoms with van der Waals surface area (Å²) >= 11 is 0. The molecule has 16 heavy (non-hydrogen) atoms. The summed E-state index contributed by atoms with van der Waals surface area (Å²) in [5, 5.41) is 9.57. The van der Waals surface area contributed by atoms with Crippen molar-refractivity contribution in [3.8, 4) is 0 Å². The number of carbonyl (C=O) groups is 1. The van der Waals surface area contributed by atoms with E-state index in [9.17, 15) is 4.79 Å². The zero-order valence-corrected chi connectivity index (χ0v) is 9.41. The Labute approximate surface area is 95.0 Å². The highest BCUT2D eigenvalue weighted by atomic mass is 16.1. The van der Waals surface area contributed by atoms with Crippen molar-refractivity contribution in [3.63, 3.8) is 0 Å². The van der Waals surface area contributed by atoms with E-state index in [4.69, 9.17) is 0 Å². The first-order chi connectivity index (χ1) is 7.86. The third kappa shape index (κ3) is 3.05. The minimum atomic E-state index is 0.232. The van der Waals surface area contributed by atoms with Crippen LogP contribution in [-0.2, 0) is 11.2 Å². The van der Waals surface area contributed by atoms with E-state index >= 15 is 0 Å². The standard InChI is InChI=1S/C11H18N4O/c16-11(9-4-1-2-5-9)12-7-3-6-10-13-8-14-15-10/h8-9H,1-7H2,(H,12,16)(H,13,14,15). The lowest BCUT2D eigenvalue weighted by atomic mass is 10.1. The summed E-state index contributed by atoms with van der Waals surface area (Å²) < 4.78 is 0.